The number of hydrogen-bond acceptors (Lipinski definition) is 4. The summed E-state index contributed by atoms with van der Waals surface area (Å²) in [5.41, 5.74) is 3.80. The Morgan fingerprint density at radius 2 is 1.90 bits per heavy atom. The molecule has 1 aliphatic rings. The maximum absolute atomic E-state index is 13.1. The first-order valence-electron chi connectivity index (χ1n) is 10.6. The smallest absolute Gasteiger partial charge is 0.224 e. The van der Waals surface area contributed by atoms with Gasteiger partial charge in [0.15, 0.2) is 5.78 Å². The number of ketones is 1. The summed E-state index contributed by atoms with van der Waals surface area (Å²) in [5, 5.41) is 6.39. The summed E-state index contributed by atoms with van der Waals surface area (Å²) in [6, 6.07) is 13.0. The molecule has 1 aliphatic heterocycles. The van der Waals surface area contributed by atoms with Crippen molar-refractivity contribution in [1.29, 1.82) is 0 Å². The predicted octanol–water partition coefficient (Wildman–Crippen LogP) is 5.22. The fourth-order valence-corrected chi connectivity index (χ4v) is 3.80. The summed E-state index contributed by atoms with van der Waals surface area (Å²) < 4.78 is 5.38. The number of nitrogens with one attached hydrogen (secondary N) is 2. The molecule has 5 heteroatoms. The number of hydrogen-bond donors (Lipinski definition) is 2. The molecule has 0 atom stereocenters. The van der Waals surface area contributed by atoms with Crippen molar-refractivity contribution in [2.75, 3.05) is 12.4 Å². The molecule has 5 nitrogen and oxygen atoms in total. The van der Waals surface area contributed by atoms with Crippen LogP contribution >= 0.6 is 0 Å². The van der Waals surface area contributed by atoms with Crippen molar-refractivity contribution in [3.05, 3.63) is 65.2 Å². The monoisotopic (exact) mass is 420 g/mol. The lowest BCUT2D eigenvalue weighted by molar-refractivity contribution is -0.117. The van der Waals surface area contributed by atoms with Crippen molar-refractivity contribution >= 4 is 23.1 Å². The molecule has 0 saturated heterocycles. The van der Waals surface area contributed by atoms with Gasteiger partial charge in [-0.2, -0.15) is 0 Å². The highest BCUT2D eigenvalue weighted by molar-refractivity contribution is 6.09. The van der Waals surface area contributed by atoms with Crippen molar-refractivity contribution in [1.82, 2.24) is 5.32 Å². The van der Waals surface area contributed by atoms with E-state index in [1.54, 1.807) is 37.5 Å². The molecule has 0 saturated carbocycles. The van der Waals surface area contributed by atoms with Crippen LogP contribution in [0.1, 0.15) is 62.5 Å². The lowest BCUT2D eigenvalue weighted by Gasteiger charge is -2.35. The van der Waals surface area contributed by atoms with Gasteiger partial charge in [0.05, 0.1) is 7.11 Å². The van der Waals surface area contributed by atoms with E-state index in [-0.39, 0.29) is 22.6 Å². The van der Waals surface area contributed by atoms with Crippen LogP contribution in [-0.4, -0.2) is 24.3 Å². The van der Waals surface area contributed by atoms with Gasteiger partial charge in [0.25, 0.3) is 0 Å². The highest BCUT2D eigenvalue weighted by Gasteiger charge is 2.28. The van der Waals surface area contributed by atoms with Crippen LogP contribution in [-0.2, 0) is 11.2 Å². The van der Waals surface area contributed by atoms with E-state index in [0.29, 0.717) is 17.7 Å². The number of amides is 1. The third-order valence-corrected chi connectivity index (χ3v) is 5.11. The lowest BCUT2D eigenvalue weighted by Crippen LogP contribution is -2.43. The van der Waals surface area contributed by atoms with Crippen molar-refractivity contribution in [2.45, 2.75) is 53.0 Å². The minimum absolute atomic E-state index is 0.0628. The predicted molar refractivity (Wildman–Crippen MR) is 125 cm³/mol. The highest BCUT2D eigenvalue weighted by Crippen LogP contribution is 2.32. The van der Waals surface area contributed by atoms with E-state index < -0.39 is 0 Å². The molecule has 31 heavy (non-hydrogen) atoms. The average molecular weight is 421 g/mol. The van der Waals surface area contributed by atoms with Crippen molar-refractivity contribution in [3.8, 4) is 5.75 Å². The Hall–Kier alpha value is -3.08. The third-order valence-electron chi connectivity index (χ3n) is 5.11. The second-order valence-electron chi connectivity index (χ2n) is 10.00. The van der Waals surface area contributed by atoms with Gasteiger partial charge in [-0.25, -0.2) is 0 Å². The standard InChI is InChI=1S/C26H32N2O3/c1-25(2,3)16-24(30)27-19-9-7-8-17(12-19)23(29)14-22-21-13-20(31-6)11-10-18(21)15-26(4,5)28-22/h7-14,28H,15-16H2,1-6H3,(H,27,30)/b22-14-. The van der Waals surface area contributed by atoms with E-state index in [1.165, 1.54) is 5.56 Å². The normalized spacial score (nSPS) is 16.3. The molecule has 2 N–H and O–H groups in total. The minimum atomic E-state index is -0.170. The Morgan fingerprint density at radius 3 is 2.58 bits per heavy atom. The lowest BCUT2D eigenvalue weighted by atomic mass is 9.85. The number of benzene rings is 2. The fraction of sp³-hybridized carbons (Fsp3) is 0.385. The van der Waals surface area contributed by atoms with Gasteiger partial charge in [0.1, 0.15) is 5.75 Å². The summed E-state index contributed by atoms with van der Waals surface area (Å²) in [7, 11) is 1.63. The van der Waals surface area contributed by atoms with Gasteiger partial charge in [-0.1, -0.05) is 39.0 Å². The maximum atomic E-state index is 13.1. The molecular formula is C26H32N2O3. The first kappa shape index (κ1) is 22.6. The SMILES string of the molecule is COc1ccc2c(c1)/C(=C/C(=O)c1cccc(NC(=O)CC(C)(C)C)c1)NC(C)(C)C2. The summed E-state index contributed by atoms with van der Waals surface area (Å²) in [6.45, 7) is 10.3. The molecule has 0 fully saturated rings. The first-order valence-corrected chi connectivity index (χ1v) is 10.6. The number of methoxy groups -OCH3 is 1. The van der Waals surface area contributed by atoms with Gasteiger partial charge in [-0.15, -0.1) is 0 Å². The third kappa shape index (κ3) is 5.97. The van der Waals surface area contributed by atoms with Crippen LogP contribution in [0.15, 0.2) is 48.5 Å². The van der Waals surface area contributed by atoms with Crippen molar-refractivity contribution in [2.24, 2.45) is 5.41 Å². The zero-order chi connectivity index (χ0) is 22.8. The Balaban J connectivity index is 1.88. The quantitative estimate of drug-likeness (QED) is 0.514. The van der Waals surface area contributed by atoms with Gasteiger partial charge in [0.2, 0.25) is 5.91 Å². The van der Waals surface area contributed by atoms with Gasteiger partial charge < -0.3 is 15.4 Å². The molecule has 164 valence electrons. The van der Waals surface area contributed by atoms with E-state index in [9.17, 15) is 9.59 Å². The molecule has 0 aliphatic carbocycles. The first-order chi connectivity index (χ1) is 14.5. The number of carbonyl (C=O) groups is 2. The number of carbonyl (C=O) groups excluding carboxylic acids is 2. The zero-order valence-electron chi connectivity index (χ0n) is 19.3. The van der Waals surface area contributed by atoms with Crippen LogP contribution in [0.3, 0.4) is 0 Å². The number of allylic oxidation sites excluding steroid dienone is 1. The largest absolute Gasteiger partial charge is 0.497 e. The summed E-state index contributed by atoms with van der Waals surface area (Å²) >= 11 is 0. The molecule has 1 amide bonds. The Bertz CT molecular complexity index is 1030. The Morgan fingerprint density at radius 1 is 1.16 bits per heavy atom. The van der Waals surface area contributed by atoms with Crippen LogP contribution in [0.2, 0.25) is 0 Å². The molecule has 2 aromatic rings. The average Bonchev–Trinajstić information content (AvgIpc) is 2.65. The fourth-order valence-electron chi connectivity index (χ4n) is 3.80. The summed E-state index contributed by atoms with van der Waals surface area (Å²) in [4.78, 5) is 25.4. The van der Waals surface area contributed by atoms with Crippen molar-refractivity contribution < 1.29 is 14.3 Å². The molecule has 3 rings (SSSR count). The molecule has 0 radical (unpaired) electrons. The Kier molecular flexibility index (Phi) is 6.25. The van der Waals surface area contributed by atoms with Crippen molar-refractivity contribution in [3.63, 3.8) is 0 Å². The molecule has 0 aromatic heterocycles. The number of rotatable bonds is 5. The van der Waals surface area contributed by atoms with Gasteiger partial charge in [-0.3, -0.25) is 9.59 Å². The van der Waals surface area contributed by atoms with E-state index in [4.69, 9.17) is 4.74 Å². The van der Waals surface area contributed by atoms with Crippen LogP contribution in [0, 0.1) is 5.41 Å². The molecule has 2 aromatic carbocycles. The van der Waals surface area contributed by atoms with Crippen LogP contribution in [0.25, 0.3) is 5.70 Å². The Labute approximate surface area is 184 Å². The molecule has 0 unspecified atom stereocenters. The summed E-state index contributed by atoms with van der Waals surface area (Å²) in [6.07, 6.45) is 2.90. The second kappa shape index (κ2) is 8.58. The van der Waals surface area contributed by atoms with Crippen LogP contribution in [0.5, 0.6) is 5.75 Å². The second-order valence-corrected chi connectivity index (χ2v) is 10.00. The molecule has 0 spiro atoms. The van der Waals surface area contributed by atoms with E-state index in [1.807, 2.05) is 32.9 Å². The van der Waals surface area contributed by atoms with E-state index >= 15 is 0 Å². The van der Waals surface area contributed by atoms with Gasteiger partial charge in [-0.05, 0) is 55.5 Å². The minimum Gasteiger partial charge on any atom is -0.497 e. The van der Waals surface area contributed by atoms with E-state index in [2.05, 4.69) is 30.5 Å². The van der Waals surface area contributed by atoms with Crippen LogP contribution in [0.4, 0.5) is 5.69 Å². The maximum Gasteiger partial charge on any atom is 0.224 e. The highest BCUT2D eigenvalue weighted by atomic mass is 16.5. The number of anilines is 1. The zero-order valence-corrected chi connectivity index (χ0v) is 19.3. The molecule has 1 heterocycles. The van der Waals surface area contributed by atoms with E-state index in [0.717, 1.165) is 23.4 Å². The summed E-state index contributed by atoms with van der Waals surface area (Å²) in [5.74, 6) is 0.565. The number of fused-ring (bicyclic) bond motifs is 1. The van der Waals surface area contributed by atoms with Crippen LogP contribution < -0.4 is 15.4 Å². The number of ether oxygens (including phenoxy) is 1. The molecule has 0 bridgehead atoms. The van der Waals surface area contributed by atoms with Gasteiger partial charge in [0, 0.05) is 40.5 Å². The molecular weight excluding hydrogens is 388 g/mol. The van der Waals surface area contributed by atoms with Gasteiger partial charge >= 0.3 is 0 Å². The topological polar surface area (TPSA) is 67.4 Å².